The minimum atomic E-state index is -0.135. The number of nitrogens with zero attached hydrogens (tertiary/aromatic N) is 10. The SMILES string of the molecule is Cn1c(=O)n(CCN2CCN(c3ccc(C#N)cc3)CC2)c2nc3c(n21)C(c1nccs1)=NCN3N. The third-order valence-corrected chi connectivity index (χ3v) is 7.53. The molecule has 36 heavy (non-hydrogen) atoms. The molecule has 3 aromatic heterocycles. The molecule has 1 saturated heterocycles. The van der Waals surface area contributed by atoms with Crippen LogP contribution >= 0.6 is 11.3 Å². The van der Waals surface area contributed by atoms with Crippen molar-refractivity contribution in [2.75, 3.05) is 49.3 Å². The number of nitrogens with two attached hydrogens (primary N) is 1. The first kappa shape index (κ1) is 22.5. The van der Waals surface area contributed by atoms with Crippen LogP contribution in [0.15, 0.2) is 45.6 Å². The van der Waals surface area contributed by atoms with Gasteiger partial charge in [0.2, 0.25) is 5.78 Å². The molecule has 6 rings (SSSR count). The van der Waals surface area contributed by atoms with E-state index in [0.29, 0.717) is 35.1 Å². The molecule has 0 radical (unpaired) electrons. The van der Waals surface area contributed by atoms with Gasteiger partial charge in [-0.2, -0.15) is 10.2 Å². The summed E-state index contributed by atoms with van der Waals surface area (Å²) in [5, 5.41) is 13.2. The molecule has 0 unspecified atom stereocenters. The van der Waals surface area contributed by atoms with E-state index in [-0.39, 0.29) is 12.4 Å². The molecule has 12 nitrogen and oxygen atoms in total. The van der Waals surface area contributed by atoms with Crippen molar-refractivity contribution >= 4 is 34.3 Å². The number of imidazole rings is 1. The van der Waals surface area contributed by atoms with Gasteiger partial charge in [0, 0.05) is 63.6 Å². The number of piperazine rings is 1. The zero-order chi connectivity index (χ0) is 24.8. The summed E-state index contributed by atoms with van der Waals surface area (Å²) in [4.78, 5) is 31.6. The van der Waals surface area contributed by atoms with E-state index in [1.165, 1.54) is 16.3 Å². The number of fused-ring (bicyclic) bond motifs is 3. The van der Waals surface area contributed by atoms with Crippen LogP contribution in [-0.2, 0) is 13.6 Å². The Morgan fingerprint density at radius 2 is 1.92 bits per heavy atom. The summed E-state index contributed by atoms with van der Waals surface area (Å²) in [5.74, 6) is 7.33. The molecule has 2 aliphatic heterocycles. The Bertz CT molecular complexity index is 1530. The highest BCUT2D eigenvalue weighted by molar-refractivity contribution is 7.11. The molecule has 184 valence electrons. The van der Waals surface area contributed by atoms with Crippen molar-refractivity contribution in [1.29, 1.82) is 5.26 Å². The number of aliphatic imine (C=N–C) groups is 1. The predicted octanol–water partition coefficient (Wildman–Crippen LogP) is 0.473. The minimum absolute atomic E-state index is 0.135. The molecule has 4 aromatic rings. The van der Waals surface area contributed by atoms with Crippen LogP contribution in [0, 0.1) is 11.3 Å². The van der Waals surface area contributed by atoms with E-state index < -0.39 is 0 Å². The fraction of sp³-hybridized carbons (Fsp3) is 0.348. The van der Waals surface area contributed by atoms with Crippen LogP contribution in [0.3, 0.4) is 0 Å². The van der Waals surface area contributed by atoms with Crippen molar-refractivity contribution in [1.82, 2.24) is 28.6 Å². The highest BCUT2D eigenvalue weighted by Crippen LogP contribution is 2.27. The highest BCUT2D eigenvalue weighted by atomic mass is 32.1. The zero-order valence-corrected chi connectivity index (χ0v) is 20.6. The van der Waals surface area contributed by atoms with Gasteiger partial charge in [-0.1, -0.05) is 0 Å². The van der Waals surface area contributed by atoms with Gasteiger partial charge >= 0.3 is 5.69 Å². The van der Waals surface area contributed by atoms with Crippen LogP contribution in [-0.4, -0.2) is 73.7 Å². The van der Waals surface area contributed by atoms with Crippen molar-refractivity contribution < 1.29 is 0 Å². The van der Waals surface area contributed by atoms with Crippen molar-refractivity contribution in [3.63, 3.8) is 0 Å². The molecule has 2 aliphatic rings. The summed E-state index contributed by atoms with van der Waals surface area (Å²) in [6.07, 6.45) is 1.74. The lowest BCUT2D eigenvalue weighted by Gasteiger charge is -2.36. The fourth-order valence-electron chi connectivity index (χ4n) is 4.81. The number of nitriles is 1. The van der Waals surface area contributed by atoms with Gasteiger partial charge in [-0.05, 0) is 24.3 Å². The first-order valence-corrected chi connectivity index (χ1v) is 12.6. The van der Waals surface area contributed by atoms with E-state index in [1.807, 2.05) is 29.6 Å². The van der Waals surface area contributed by atoms with Gasteiger partial charge in [0.1, 0.15) is 23.1 Å². The van der Waals surface area contributed by atoms with Crippen LogP contribution in [0.4, 0.5) is 11.5 Å². The van der Waals surface area contributed by atoms with Gasteiger partial charge < -0.3 is 4.90 Å². The lowest BCUT2D eigenvalue weighted by molar-refractivity contribution is 0.248. The average molecular weight is 504 g/mol. The molecule has 0 amide bonds. The van der Waals surface area contributed by atoms with Crippen molar-refractivity contribution in [2.45, 2.75) is 6.54 Å². The molecule has 0 aliphatic carbocycles. The minimum Gasteiger partial charge on any atom is -0.369 e. The Labute approximate surface area is 210 Å². The van der Waals surface area contributed by atoms with E-state index >= 15 is 0 Å². The van der Waals surface area contributed by atoms with Gasteiger partial charge in [0.05, 0.1) is 11.6 Å². The Balaban J connectivity index is 1.21. The maximum Gasteiger partial charge on any atom is 0.345 e. The number of hydrogen-bond acceptors (Lipinski definition) is 10. The number of thiazole rings is 1. The number of hydrogen-bond donors (Lipinski definition) is 1. The number of hydrazine groups is 1. The molecule has 1 fully saturated rings. The van der Waals surface area contributed by atoms with Crippen LogP contribution in [0.2, 0.25) is 0 Å². The van der Waals surface area contributed by atoms with Gasteiger partial charge in [-0.25, -0.2) is 24.8 Å². The largest absolute Gasteiger partial charge is 0.369 e. The first-order valence-electron chi connectivity index (χ1n) is 11.7. The van der Waals surface area contributed by atoms with Gasteiger partial charge in [-0.15, -0.1) is 11.3 Å². The summed E-state index contributed by atoms with van der Waals surface area (Å²) >= 11 is 1.49. The lowest BCUT2D eigenvalue weighted by atomic mass is 10.2. The maximum absolute atomic E-state index is 13.2. The lowest BCUT2D eigenvalue weighted by Crippen LogP contribution is -2.47. The smallest absolute Gasteiger partial charge is 0.345 e. The first-order chi connectivity index (χ1) is 17.5. The van der Waals surface area contributed by atoms with Crippen LogP contribution in [0.5, 0.6) is 0 Å². The van der Waals surface area contributed by atoms with E-state index in [0.717, 1.165) is 43.4 Å². The molecule has 13 heteroatoms. The highest BCUT2D eigenvalue weighted by Gasteiger charge is 2.31. The predicted molar refractivity (Wildman–Crippen MR) is 138 cm³/mol. The number of benzene rings is 1. The average Bonchev–Trinajstić information content (AvgIpc) is 3.63. The molecule has 0 bridgehead atoms. The van der Waals surface area contributed by atoms with Gasteiger partial charge in [0.25, 0.3) is 0 Å². The second-order valence-electron chi connectivity index (χ2n) is 8.80. The molecule has 5 heterocycles. The Hall–Kier alpha value is -3.99. The summed E-state index contributed by atoms with van der Waals surface area (Å²) in [6, 6.07) is 9.86. The Morgan fingerprint density at radius 1 is 1.14 bits per heavy atom. The number of aryl methyl sites for hydroxylation is 1. The second-order valence-corrected chi connectivity index (χ2v) is 9.69. The normalized spacial score (nSPS) is 16.3. The molecular formula is C23H25N11OS. The summed E-state index contributed by atoms with van der Waals surface area (Å²) < 4.78 is 5.06. The second kappa shape index (κ2) is 8.90. The van der Waals surface area contributed by atoms with Crippen molar-refractivity contribution in [3.05, 3.63) is 62.6 Å². The molecule has 2 N–H and O–H groups in total. The standard InChI is InChI=1S/C23H25N11OS/c1-29-23(35)32(12-9-30-7-10-31(11-8-30)17-4-2-16(14-24)3-5-17)22-28-20-19(34(22)29)18(27-15-33(20)25)21-26-6-13-36-21/h2-6,13H,7-12,15,25H2,1H3. The third kappa shape index (κ3) is 3.67. The third-order valence-electron chi connectivity index (χ3n) is 6.75. The van der Waals surface area contributed by atoms with Crippen molar-refractivity contribution in [3.8, 4) is 6.07 Å². The molecule has 0 spiro atoms. The summed E-state index contributed by atoms with van der Waals surface area (Å²) in [6.45, 7) is 5.08. The summed E-state index contributed by atoms with van der Waals surface area (Å²) in [5.41, 5.74) is 3.04. The van der Waals surface area contributed by atoms with Crippen LogP contribution < -0.4 is 21.4 Å². The molecular weight excluding hydrogens is 478 g/mol. The number of aromatic nitrogens is 5. The molecule has 0 atom stereocenters. The zero-order valence-electron chi connectivity index (χ0n) is 19.8. The topological polar surface area (TPSA) is 129 Å². The van der Waals surface area contributed by atoms with E-state index in [1.54, 1.807) is 27.0 Å². The number of anilines is 2. The fourth-order valence-corrected chi connectivity index (χ4v) is 5.46. The van der Waals surface area contributed by atoms with Crippen molar-refractivity contribution in [2.24, 2.45) is 17.9 Å². The number of rotatable bonds is 5. The summed E-state index contributed by atoms with van der Waals surface area (Å²) in [7, 11) is 1.74. The van der Waals surface area contributed by atoms with Gasteiger partial charge in [-0.3, -0.25) is 19.5 Å². The molecule has 1 aromatic carbocycles. The monoisotopic (exact) mass is 503 g/mol. The van der Waals surface area contributed by atoms with Crippen LogP contribution in [0.25, 0.3) is 5.78 Å². The Morgan fingerprint density at radius 3 is 2.61 bits per heavy atom. The Kier molecular flexibility index (Phi) is 5.56. The van der Waals surface area contributed by atoms with E-state index in [2.05, 4.69) is 25.8 Å². The van der Waals surface area contributed by atoms with Gasteiger partial charge in [0.15, 0.2) is 5.82 Å². The maximum atomic E-state index is 13.2. The molecule has 0 saturated carbocycles. The van der Waals surface area contributed by atoms with Crippen LogP contribution in [0.1, 0.15) is 16.3 Å². The quantitative estimate of drug-likeness (QED) is 0.389. The van der Waals surface area contributed by atoms with E-state index in [9.17, 15) is 4.79 Å². The van der Waals surface area contributed by atoms with E-state index in [4.69, 9.17) is 16.1 Å².